The van der Waals surface area contributed by atoms with Crippen molar-refractivity contribution in [3.8, 4) is 22.8 Å². The highest BCUT2D eigenvalue weighted by molar-refractivity contribution is 5.76. The fourth-order valence-electron chi connectivity index (χ4n) is 2.42. The summed E-state index contributed by atoms with van der Waals surface area (Å²) in [5, 5.41) is 10.2. The second-order valence-corrected chi connectivity index (χ2v) is 5.43. The third kappa shape index (κ3) is 4.01. The van der Waals surface area contributed by atoms with E-state index in [0.29, 0.717) is 42.0 Å². The van der Waals surface area contributed by atoms with E-state index >= 15 is 0 Å². The lowest BCUT2D eigenvalue weighted by Gasteiger charge is -2.13. The maximum absolute atomic E-state index is 11.3. The maximum atomic E-state index is 11.3. The van der Waals surface area contributed by atoms with Crippen LogP contribution < -0.4 is 26.1 Å². The SMILES string of the molecule is COc1cccc(OCCCN)c1-c1cc(Nc2cncc(=O)[nH]2)n[nH]1. The molecule has 0 saturated heterocycles. The lowest BCUT2D eigenvalue weighted by molar-refractivity contribution is 0.312. The Bertz CT molecular complexity index is 921. The molecule has 2 aromatic heterocycles. The van der Waals surface area contributed by atoms with E-state index in [1.807, 2.05) is 18.2 Å². The number of anilines is 2. The molecule has 9 heteroatoms. The van der Waals surface area contributed by atoms with Crippen molar-refractivity contribution >= 4 is 11.6 Å². The highest BCUT2D eigenvalue weighted by Crippen LogP contribution is 2.38. The third-order valence-electron chi connectivity index (χ3n) is 3.58. The first-order chi connectivity index (χ1) is 12.7. The number of methoxy groups -OCH3 is 1. The van der Waals surface area contributed by atoms with Gasteiger partial charge >= 0.3 is 0 Å². The Labute approximate surface area is 149 Å². The van der Waals surface area contributed by atoms with E-state index in [4.69, 9.17) is 15.2 Å². The smallest absolute Gasteiger partial charge is 0.267 e. The summed E-state index contributed by atoms with van der Waals surface area (Å²) in [6, 6.07) is 7.35. The predicted octanol–water partition coefficient (Wildman–Crippen LogP) is 1.64. The van der Waals surface area contributed by atoms with Gasteiger partial charge in [-0.25, -0.2) is 0 Å². The van der Waals surface area contributed by atoms with Gasteiger partial charge in [0.25, 0.3) is 5.56 Å². The average Bonchev–Trinajstić information content (AvgIpc) is 3.09. The summed E-state index contributed by atoms with van der Waals surface area (Å²) in [6.07, 6.45) is 3.45. The van der Waals surface area contributed by atoms with Crippen LogP contribution in [0.15, 0.2) is 41.5 Å². The Balaban J connectivity index is 1.89. The van der Waals surface area contributed by atoms with Crippen LogP contribution in [-0.2, 0) is 0 Å². The molecule has 0 spiro atoms. The predicted molar refractivity (Wildman–Crippen MR) is 97.9 cm³/mol. The number of hydrogen-bond donors (Lipinski definition) is 4. The van der Waals surface area contributed by atoms with E-state index in [0.717, 1.165) is 12.0 Å². The molecule has 3 rings (SSSR count). The van der Waals surface area contributed by atoms with Gasteiger partial charge in [-0.3, -0.25) is 14.9 Å². The first kappa shape index (κ1) is 17.5. The summed E-state index contributed by atoms with van der Waals surface area (Å²) in [7, 11) is 1.60. The van der Waals surface area contributed by atoms with Crippen LogP contribution in [0.4, 0.5) is 11.6 Å². The van der Waals surface area contributed by atoms with Gasteiger partial charge in [-0.15, -0.1) is 0 Å². The second kappa shape index (κ2) is 8.17. The Morgan fingerprint density at radius 2 is 2.12 bits per heavy atom. The minimum Gasteiger partial charge on any atom is -0.496 e. The van der Waals surface area contributed by atoms with Gasteiger partial charge < -0.3 is 25.5 Å². The average molecular weight is 356 g/mol. The number of ether oxygens (including phenoxy) is 2. The number of aromatic nitrogens is 4. The van der Waals surface area contributed by atoms with Crippen LogP contribution in [0.5, 0.6) is 11.5 Å². The number of benzene rings is 1. The van der Waals surface area contributed by atoms with Crippen molar-refractivity contribution < 1.29 is 9.47 Å². The van der Waals surface area contributed by atoms with Crippen molar-refractivity contribution in [2.75, 3.05) is 25.6 Å². The molecule has 0 radical (unpaired) electrons. The molecule has 0 bridgehead atoms. The fraction of sp³-hybridized carbons (Fsp3) is 0.235. The van der Waals surface area contributed by atoms with Gasteiger partial charge in [-0.1, -0.05) is 6.07 Å². The second-order valence-electron chi connectivity index (χ2n) is 5.43. The Morgan fingerprint density at radius 1 is 1.27 bits per heavy atom. The van der Waals surface area contributed by atoms with Gasteiger partial charge in [0, 0.05) is 6.07 Å². The minimum absolute atomic E-state index is 0.300. The first-order valence-electron chi connectivity index (χ1n) is 8.08. The van der Waals surface area contributed by atoms with Crippen molar-refractivity contribution in [2.45, 2.75) is 6.42 Å². The number of H-pyrrole nitrogens is 2. The zero-order chi connectivity index (χ0) is 18.4. The molecule has 0 aliphatic rings. The molecule has 9 nitrogen and oxygen atoms in total. The van der Waals surface area contributed by atoms with Crippen molar-refractivity contribution in [1.29, 1.82) is 0 Å². The maximum Gasteiger partial charge on any atom is 0.267 e. The molecule has 0 aliphatic carbocycles. The number of aromatic amines is 2. The van der Waals surface area contributed by atoms with Gasteiger partial charge in [-0.2, -0.15) is 5.10 Å². The molecule has 26 heavy (non-hydrogen) atoms. The van der Waals surface area contributed by atoms with Crippen LogP contribution in [0.25, 0.3) is 11.3 Å². The Morgan fingerprint density at radius 3 is 2.88 bits per heavy atom. The van der Waals surface area contributed by atoms with Gasteiger partial charge in [0.2, 0.25) is 0 Å². The number of nitrogens with one attached hydrogen (secondary N) is 3. The van der Waals surface area contributed by atoms with E-state index in [1.54, 1.807) is 13.2 Å². The molecule has 0 unspecified atom stereocenters. The van der Waals surface area contributed by atoms with Crippen LogP contribution in [0.1, 0.15) is 6.42 Å². The van der Waals surface area contributed by atoms with Gasteiger partial charge in [0.15, 0.2) is 5.82 Å². The van der Waals surface area contributed by atoms with Crippen LogP contribution in [-0.4, -0.2) is 40.4 Å². The number of nitrogens with two attached hydrogens (primary N) is 1. The molecule has 0 amide bonds. The van der Waals surface area contributed by atoms with Crippen LogP contribution in [0.3, 0.4) is 0 Å². The van der Waals surface area contributed by atoms with Crippen molar-refractivity contribution in [1.82, 2.24) is 20.2 Å². The lowest BCUT2D eigenvalue weighted by atomic mass is 10.1. The quantitative estimate of drug-likeness (QED) is 0.451. The van der Waals surface area contributed by atoms with Crippen molar-refractivity contribution in [3.05, 3.63) is 47.0 Å². The van der Waals surface area contributed by atoms with Crippen LogP contribution >= 0.6 is 0 Å². The summed E-state index contributed by atoms with van der Waals surface area (Å²) < 4.78 is 11.3. The molecule has 1 aromatic carbocycles. The van der Waals surface area contributed by atoms with E-state index < -0.39 is 0 Å². The molecule has 3 aromatic rings. The zero-order valence-corrected chi connectivity index (χ0v) is 14.3. The molecule has 0 atom stereocenters. The monoisotopic (exact) mass is 356 g/mol. The van der Waals surface area contributed by atoms with Gasteiger partial charge in [-0.05, 0) is 25.1 Å². The number of hydrogen-bond acceptors (Lipinski definition) is 7. The summed E-state index contributed by atoms with van der Waals surface area (Å²) in [6.45, 7) is 1.06. The first-order valence-corrected chi connectivity index (χ1v) is 8.08. The van der Waals surface area contributed by atoms with Gasteiger partial charge in [0.05, 0.1) is 37.4 Å². The number of nitrogens with zero attached hydrogens (tertiary/aromatic N) is 2. The largest absolute Gasteiger partial charge is 0.496 e. The summed E-state index contributed by atoms with van der Waals surface area (Å²) in [5.74, 6) is 2.28. The van der Waals surface area contributed by atoms with Crippen LogP contribution in [0.2, 0.25) is 0 Å². The lowest BCUT2D eigenvalue weighted by Crippen LogP contribution is -2.07. The zero-order valence-electron chi connectivity index (χ0n) is 14.3. The van der Waals surface area contributed by atoms with Crippen LogP contribution in [0, 0.1) is 0 Å². The summed E-state index contributed by atoms with van der Waals surface area (Å²) >= 11 is 0. The molecule has 136 valence electrons. The van der Waals surface area contributed by atoms with Gasteiger partial charge in [0.1, 0.15) is 17.3 Å². The molecular weight excluding hydrogens is 336 g/mol. The third-order valence-corrected chi connectivity index (χ3v) is 3.58. The van der Waals surface area contributed by atoms with Crippen molar-refractivity contribution in [3.63, 3.8) is 0 Å². The Kier molecular flexibility index (Phi) is 5.49. The topological polar surface area (TPSA) is 131 Å². The molecular formula is C17H20N6O3. The summed E-state index contributed by atoms with van der Waals surface area (Å²) in [5.41, 5.74) is 6.69. The fourth-order valence-corrected chi connectivity index (χ4v) is 2.42. The normalized spacial score (nSPS) is 10.5. The Hall–Kier alpha value is -3.33. The summed E-state index contributed by atoms with van der Waals surface area (Å²) in [4.78, 5) is 17.8. The highest BCUT2D eigenvalue weighted by Gasteiger charge is 2.15. The molecule has 0 aliphatic heterocycles. The van der Waals surface area contributed by atoms with E-state index in [1.165, 1.54) is 12.4 Å². The minimum atomic E-state index is -0.300. The van der Waals surface area contributed by atoms with E-state index in [-0.39, 0.29) is 5.56 Å². The molecule has 0 saturated carbocycles. The number of rotatable bonds is 8. The van der Waals surface area contributed by atoms with E-state index in [9.17, 15) is 4.79 Å². The molecule has 2 heterocycles. The molecule has 5 N–H and O–H groups in total. The van der Waals surface area contributed by atoms with E-state index in [2.05, 4.69) is 25.5 Å². The molecule has 0 fully saturated rings. The van der Waals surface area contributed by atoms with Crippen molar-refractivity contribution in [2.24, 2.45) is 5.73 Å². The standard InChI is InChI=1S/C17H20N6O3/c1-25-12-4-2-5-13(26-7-3-6-18)17(12)11-8-14(23-22-11)20-15-9-19-10-16(24)21-15/h2,4-5,8-10H,3,6-7,18H2,1H3,(H3,20,21,22,23,24). The highest BCUT2D eigenvalue weighted by atomic mass is 16.5.